The maximum atomic E-state index is 11.6. The third-order valence-electron chi connectivity index (χ3n) is 4.70. The van der Waals surface area contributed by atoms with Crippen LogP contribution in [0.2, 0.25) is 0 Å². The Hall–Kier alpha value is -1.39. The highest BCUT2D eigenvalue weighted by Crippen LogP contribution is 2.33. The molecule has 2 N–H and O–H groups in total. The van der Waals surface area contributed by atoms with Crippen molar-refractivity contribution < 1.29 is 9.53 Å². The number of aryl methyl sites for hydroxylation is 1. The van der Waals surface area contributed by atoms with E-state index in [1.807, 2.05) is 13.1 Å². The first-order valence-corrected chi connectivity index (χ1v) is 7.90. The normalized spacial score (nSPS) is 26.9. The zero-order chi connectivity index (χ0) is 14.8. The zero-order valence-corrected chi connectivity index (χ0v) is 12.8. The van der Waals surface area contributed by atoms with E-state index < -0.39 is 0 Å². The van der Waals surface area contributed by atoms with Gasteiger partial charge in [0.1, 0.15) is 0 Å². The summed E-state index contributed by atoms with van der Waals surface area (Å²) in [5, 5.41) is 6.40. The van der Waals surface area contributed by atoms with Crippen LogP contribution in [0.1, 0.15) is 43.4 Å². The van der Waals surface area contributed by atoms with E-state index in [9.17, 15) is 4.79 Å². The molecule has 0 aliphatic carbocycles. The molecule has 2 aliphatic rings. The minimum atomic E-state index is 0.124. The fourth-order valence-electron chi connectivity index (χ4n) is 3.45. The highest BCUT2D eigenvalue weighted by atomic mass is 16.5. The van der Waals surface area contributed by atoms with Crippen molar-refractivity contribution in [2.45, 2.75) is 44.8 Å². The van der Waals surface area contributed by atoms with Gasteiger partial charge in [-0.2, -0.15) is 0 Å². The maximum absolute atomic E-state index is 11.6. The van der Waals surface area contributed by atoms with Gasteiger partial charge in [-0.15, -0.1) is 0 Å². The lowest BCUT2D eigenvalue weighted by Crippen LogP contribution is -2.32. The molecule has 21 heavy (non-hydrogen) atoms. The molecule has 4 nitrogen and oxygen atoms in total. The fourth-order valence-corrected chi connectivity index (χ4v) is 3.45. The van der Waals surface area contributed by atoms with Crippen molar-refractivity contribution in [1.29, 1.82) is 0 Å². The summed E-state index contributed by atoms with van der Waals surface area (Å²) in [5.74, 6) is 0.695. The zero-order valence-electron chi connectivity index (χ0n) is 12.8. The standard InChI is InChI=1S/C17H24N2O2/c1-11-8-9-21-17(11)16(18-2)13-6-7-14-12(10-13)4-3-5-15(20)19-14/h6-7,10-11,16-18H,3-5,8-9H2,1-2H3,(H,19,20). The predicted octanol–water partition coefficient (Wildman–Crippen LogP) is 2.65. The molecular formula is C17H24N2O2. The summed E-state index contributed by atoms with van der Waals surface area (Å²) >= 11 is 0. The minimum Gasteiger partial charge on any atom is -0.376 e. The smallest absolute Gasteiger partial charge is 0.224 e. The van der Waals surface area contributed by atoms with Gasteiger partial charge in [-0.05, 0) is 49.4 Å². The van der Waals surface area contributed by atoms with Gasteiger partial charge in [0.15, 0.2) is 0 Å². The van der Waals surface area contributed by atoms with Gasteiger partial charge in [0.05, 0.1) is 12.1 Å². The van der Waals surface area contributed by atoms with Crippen molar-refractivity contribution in [1.82, 2.24) is 5.32 Å². The van der Waals surface area contributed by atoms with Crippen LogP contribution in [0.4, 0.5) is 5.69 Å². The topological polar surface area (TPSA) is 50.4 Å². The van der Waals surface area contributed by atoms with Crippen molar-refractivity contribution >= 4 is 11.6 Å². The van der Waals surface area contributed by atoms with Crippen molar-refractivity contribution in [3.8, 4) is 0 Å². The van der Waals surface area contributed by atoms with Gasteiger partial charge < -0.3 is 15.4 Å². The van der Waals surface area contributed by atoms with E-state index in [1.165, 1.54) is 11.1 Å². The quantitative estimate of drug-likeness (QED) is 0.899. The number of benzene rings is 1. The van der Waals surface area contributed by atoms with Crippen LogP contribution in [0.3, 0.4) is 0 Å². The summed E-state index contributed by atoms with van der Waals surface area (Å²) in [7, 11) is 1.99. The molecule has 1 aromatic carbocycles. The molecule has 2 heterocycles. The van der Waals surface area contributed by atoms with Crippen LogP contribution in [0.15, 0.2) is 18.2 Å². The van der Waals surface area contributed by atoms with E-state index in [0.717, 1.165) is 31.6 Å². The molecule has 3 rings (SSSR count). The van der Waals surface area contributed by atoms with Crippen molar-refractivity contribution in [2.75, 3.05) is 19.0 Å². The van der Waals surface area contributed by atoms with Gasteiger partial charge >= 0.3 is 0 Å². The molecule has 0 saturated carbocycles. The summed E-state index contributed by atoms with van der Waals surface area (Å²) in [6.07, 6.45) is 3.85. The predicted molar refractivity (Wildman–Crippen MR) is 83.3 cm³/mol. The number of hydrogen-bond donors (Lipinski definition) is 2. The highest BCUT2D eigenvalue weighted by Gasteiger charge is 2.32. The first kappa shape index (κ1) is 14.5. The average Bonchev–Trinajstić information content (AvgIpc) is 2.79. The Bertz CT molecular complexity index is 530. The number of carbonyl (C=O) groups excluding carboxylic acids is 1. The number of anilines is 1. The molecule has 0 aromatic heterocycles. The van der Waals surface area contributed by atoms with Gasteiger partial charge in [0.2, 0.25) is 5.91 Å². The number of fused-ring (bicyclic) bond motifs is 1. The van der Waals surface area contributed by atoms with E-state index in [1.54, 1.807) is 0 Å². The summed E-state index contributed by atoms with van der Waals surface area (Å²) in [4.78, 5) is 11.6. The van der Waals surface area contributed by atoms with Gasteiger partial charge in [-0.3, -0.25) is 4.79 Å². The average molecular weight is 288 g/mol. The van der Waals surface area contributed by atoms with Crippen molar-refractivity contribution in [2.24, 2.45) is 5.92 Å². The number of likely N-dealkylation sites (N-methyl/N-ethyl adjacent to an activating group) is 1. The summed E-state index contributed by atoms with van der Waals surface area (Å²) in [6, 6.07) is 6.60. The molecule has 1 amide bonds. The molecule has 3 unspecified atom stereocenters. The number of nitrogens with one attached hydrogen (secondary N) is 2. The molecule has 114 valence electrons. The molecule has 3 atom stereocenters. The number of carbonyl (C=O) groups is 1. The molecule has 0 bridgehead atoms. The van der Waals surface area contributed by atoms with E-state index >= 15 is 0 Å². The Labute approximate surface area is 126 Å². The van der Waals surface area contributed by atoms with Gasteiger partial charge in [-0.25, -0.2) is 0 Å². The van der Waals surface area contributed by atoms with Crippen LogP contribution in [0.5, 0.6) is 0 Å². The first-order chi connectivity index (χ1) is 10.2. The first-order valence-electron chi connectivity index (χ1n) is 7.90. The Morgan fingerprint density at radius 2 is 2.24 bits per heavy atom. The molecule has 1 saturated heterocycles. The Kier molecular flexibility index (Phi) is 4.27. The number of hydrogen-bond acceptors (Lipinski definition) is 3. The lowest BCUT2D eigenvalue weighted by Gasteiger charge is -2.27. The van der Waals surface area contributed by atoms with Crippen LogP contribution in [-0.2, 0) is 16.0 Å². The second-order valence-electron chi connectivity index (χ2n) is 6.19. The van der Waals surface area contributed by atoms with Gasteiger partial charge in [0.25, 0.3) is 0 Å². The lowest BCUT2D eigenvalue weighted by molar-refractivity contribution is -0.116. The van der Waals surface area contributed by atoms with Crippen LogP contribution < -0.4 is 10.6 Å². The number of amides is 1. The van der Waals surface area contributed by atoms with Crippen LogP contribution in [0.25, 0.3) is 0 Å². The highest BCUT2D eigenvalue weighted by molar-refractivity contribution is 5.92. The largest absolute Gasteiger partial charge is 0.376 e. The van der Waals surface area contributed by atoms with Gasteiger partial charge in [0, 0.05) is 18.7 Å². The maximum Gasteiger partial charge on any atom is 0.224 e. The summed E-state index contributed by atoms with van der Waals surface area (Å²) in [5.41, 5.74) is 3.46. The Morgan fingerprint density at radius 3 is 2.95 bits per heavy atom. The second-order valence-corrected chi connectivity index (χ2v) is 6.19. The van der Waals surface area contributed by atoms with Crippen LogP contribution in [-0.4, -0.2) is 25.7 Å². The lowest BCUT2D eigenvalue weighted by atomic mass is 9.91. The third kappa shape index (κ3) is 2.97. The summed E-state index contributed by atoms with van der Waals surface area (Å²) in [6.45, 7) is 3.11. The molecule has 2 aliphatic heterocycles. The number of rotatable bonds is 3. The molecule has 1 aromatic rings. The van der Waals surface area contributed by atoms with Crippen molar-refractivity contribution in [3.05, 3.63) is 29.3 Å². The van der Waals surface area contributed by atoms with E-state index in [0.29, 0.717) is 12.3 Å². The second kappa shape index (κ2) is 6.16. The molecule has 0 radical (unpaired) electrons. The van der Waals surface area contributed by atoms with E-state index in [-0.39, 0.29) is 18.1 Å². The molecular weight excluding hydrogens is 264 g/mol. The Morgan fingerprint density at radius 1 is 1.38 bits per heavy atom. The van der Waals surface area contributed by atoms with Crippen LogP contribution >= 0.6 is 0 Å². The Balaban J connectivity index is 1.88. The fraction of sp³-hybridized carbons (Fsp3) is 0.588. The monoisotopic (exact) mass is 288 g/mol. The molecule has 1 fully saturated rings. The minimum absolute atomic E-state index is 0.124. The van der Waals surface area contributed by atoms with E-state index in [2.05, 4.69) is 29.7 Å². The molecule has 0 spiro atoms. The van der Waals surface area contributed by atoms with Crippen molar-refractivity contribution in [3.63, 3.8) is 0 Å². The molecule has 4 heteroatoms. The number of ether oxygens (including phenoxy) is 1. The van der Waals surface area contributed by atoms with Gasteiger partial charge in [-0.1, -0.05) is 19.1 Å². The third-order valence-corrected chi connectivity index (χ3v) is 4.70. The van der Waals surface area contributed by atoms with Crippen LogP contribution in [0, 0.1) is 5.92 Å². The SMILES string of the molecule is CNC(c1ccc2c(c1)CCCC(=O)N2)C1OCCC1C. The van der Waals surface area contributed by atoms with E-state index in [4.69, 9.17) is 4.74 Å². The summed E-state index contributed by atoms with van der Waals surface area (Å²) < 4.78 is 5.93.